The molecule has 5 rings (SSSR count). The predicted octanol–water partition coefficient (Wildman–Crippen LogP) is 3.95. The maximum Gasteiger partial charge on any atom is 0.181 e. The first kappa shape index (κ1) is 20.0. The fourth-order valence-corrected chi connectivity index (χ4v) is 4.71. The van der Waals surface area contributed by atoms with Crippen molar-refractivity contribution >= 4 is 28.0 Å². The number of Topliss-reactive ketones (excluding diaryl/α,β-unsaturated/α-hetero) is 1. The van der Waals surface area contributed by atoms with Crippen molar-refractivity contribution in [1.82, 2.24) is 29.6 Å². The number of nitrogens with zero attached hydrogens (tertiary/aromatic N) is 6. The van der Waals surface area contributed by atoms with Crippen LogP contribution in [0.5, 0.6) is 0 Å². The Bertz CT molecular complexity index is 1240. The molecule has 4 heterocycles. The number of hydrogen-bond donors (Lipinski definition) is 0. The minimum atomic E-state index is 0.000470. The van der Waals surface area contributed by atoms with Gasteiger partial charge >= 0.3 is 0 Å². The van der Waals surface area contributed by atoms with Crippen molar-refractivity contribution in [2.24, 2.45) is 0 Å². The van der Waals surface area contributed by atoms with Crippen molar-refractivity contribution in [1.29, 1.82) is 0 Å². The zero-order valence-corrected chi connectivity index (χ0v) is 18.5. The third-order valence-corrected chi connectivity index (χ3v) is 6.80. The molecule has 0 bridgehead atoms. The lowest BCUT2D eigenvalue weighted by Gasteiger charge is -2.28. The van der Waals surface area contributed by atoms with E-state index in [0.717, 1.165) is 53.0 Å². The molecule has 158 valence electrons. The predicted molar refractivity (Wildman–Crippen MR) is 121 cm³/mol. The monoisotopic (exact) mass is 432 g/mol. The molecule has 0 aliphatic carbocycles. The largest absolute Gasteiger partial charge is 0.306 e. The highest BCUT2D eigenvalue weighted by molar-refractivity contribution is 7.13. The summed E-state index contributed by atoms with van der Waals surface area (Å²) in [5.41, 5.74) is 2.99. The van der Waals surface area contributed by atoms with Crippen LogP contribution in [0, 0.1) is 6.92 Å². The van der Waals surface area contributed by atoms with Crippen LogP contribution in [0.2, 0.25) is 0 Å². The number of fused-ring (bicyclic) bond motifs is 1. The molecule has 31 heavy (non-hydrogen) atoms. The van der Waals surface area contributed by atoms with Gasteiger partial charge in [-0.1, -0.05) is 12.1 Å². The summed E-state index contributed by atoms with van der Waals surface area (Å²) < 4.78 is 2.10. The van der Waals surface area contributed by atoms with Crippen molar-refractivity contribution in [3.05, 3.63) is 58.7 Å². The Labute approximate surface area is 184 Å². The van der Waals surface area contributed by atoms with Crippen LogP contribution in [0.1, 0.15) is 39.4 Å². The summed E-state index contributed by atoms with van der Waals surface area (Å²) in [6.45, 7) is 4.11. The van der Waals surface area contributed by atoms with Gasteiger partial charge in [0.25, 0.3) is 0 Å². The normalized spacial score (nSPS) is 15.5. The molecule has 0 unspecified atom stereocenters. The first-order valence-corrected chi connectivity index (χ1v) is 11.3. The molecule has 3 aromatic heterocycles. The van der Waals surface area contributed by atoms with Gasteiger partial charge in [0.15, 0.2) is 5.78 Å². The molecule has 1 fully saturated rings. The number of thiazole rings is 1. The summed E-state index contributed by atoms with van der Waals surface area (Å²) in [6.07, 6.45) is 9.90. The van der Waals surface area contributed by atoms with E-state index in [4.69, 9.17) is 0 Å². The SMILES string of the molecule is Cc1ncc(C(=O)Cc2ncc3ccc(-c4cnn(C5CCN(C)CC5)c4)cc3n2)s1. The quantitative estimate of drug-likeness (QED) is 0.445. The Balaban J connectivity index is 1.37. The van der Waals surface area contributed by atoms with E-state index >= 15 is 0 Å². The molecule has 0 radical (unpaired) electrons. The number of ketones is 1. The number of piperidine rings is 1. The topological polar surface area (TPSA) is 76.8 Å². The number of likely N-dealkylation sites (tertiary alicyclic amines) is 1. The average Bonchev–Trinajstić information content (AvgIpc) is 3.43. The van der Waals surface area contributed by atoms with Gasteiger partial charge < -0.3 is 4.90 Å². The minimum absolute atomic E-state index is 0.000470. The maximum absolute atomic E-state index is 12.5. The second-order valence-electron chi connectivity index (χ2n) is 8.15. The van der Waals surface area contributed by atoms with Crippen LogP contribution in [0.3, 0.4) is 0 Å². The third-order valence-electron chi connectivity index (χ3n) is 5.84. The van der Waals surface area contributed by atoms with Crippen molar-refractivity contribution in [2.75, 3.05) is 20.1 Å². The zero-order chi connectivity index (χ0) is 21.4. The van der Waals surface area contributed by atoms with Crippen LogP contribution in [0.25, 0.3) is 22.0 Å². The Morgan fingerprint density at radius 1 is 1.13 bits per heavy atom. The zero-order valence-electron chi connectivity index (χ0n) is 17.7. The lowest BCUT2D eigenvalue weighted by atomic mass is 10.1. The van der Waals surface area contributed by atoms with E-state index < -0.39 is 0 Å². The molecule has 0 atom stereocenters. The van der Waals surface area contributed by atoms with Crippen LogP contribution in [-0.4, -0.2) is 55.6 Å². The average molecular weight is 433 g/mol. The van der Waals surface area contributed by atoms with E-state index in [1.165, 1.54) is 11.3 Å². The van der Waals surface area contributed by atoms with E-state index in [1.54, 1.807) is 12.4 Å². The van der Waals surface area contributed by atoms with Gasteiger partial charge in [-0.2, -0.15) is 5.10 Å². The number of carbonyl (C=O) groups is 1. The highest BCUT2D eigenvalue weighted by Crippen LogP contribution is 2.27. The van der Waals surface area contributed by atoms with Gasteiger partial charge in [0, 0.05) is 29.5 Å². The van der Waals surface area contributed by atoms with Gasteiger partial charge in [-0.3, -0.25) is 9.48 Å². The van der Waals surface area contributed by atoms with Crippen LogP contribution >= 0.6 is 11.3 Å². The standard InChI is InChI=1S/C23H24N6OS/c1-15-24-13-22(31-15)21(30)10-23-25-11-17-4-3-16(9-20(17)27-23)18-12-26-29(14-18)19-5-7-28(2)8-6-19/h3-4,9,11-14,19H,5-8,10H2,1-2H3. The van der Waals surface area contributed by atoms with Crippen LogP contribution in [-0.2, 0) is 6.42 Å². The summed E-state index contributed by atoms with van der Waals surface area (Å²) in [6, 6.07) is 6.61. The van der Waals surface area contributed by atoms with Crippen LogP contribution < -0.4 is 0 Å². The summed E-state index contributed by atoms with van der Waals surface area (Å²) in [4.78, 5) is 28.7. The lowest BCUT2D eigenvalue weighted by Crippen LogP contribution is -2.31. The second kappa shape index (κ2) is 8.28. The van der Waals surface area contributed by atoms with Crippen molar-refractivity contribution in [3.63, 3.8) is 0 Å². The first-order valence-electron chi connectivity index (χ1n) is 10.5. The number of rotatable bonds is 5. The number of carbonyl (C=O) groups excluding carboxylic acids is 1. The van der Waals surface area contributed by atoms with Crippen LogP contribution in [0.4, 0.5) is 0 Å². The Morgan fingerprint density at radius 2 is 1.97 bits per heavy atom. The highest BCUT2D eigenvalue weighted by atomic mass is 32.1. The Morgan fingerprint density at radius 3 is 2.74 bits per heavy atom. The summed E-state index contributed by atoms with van der Waals surface area (Å²) >= 11 is 1.40. The highest BCUT2D eigenvalue weighted by Gasteiger charge is 2.19. The number of aryl methyl sites for hydroxylation is 1. The molecule has 1 aliphatic rings. The van der Waals surface area contributed by atoms with Crippen molar-refractivity contribution in [2.45, 2.75) is 32.2 Å². The molecule has 1 saturated heterocycles. The van der Waals surface area contributed by atoms with E-state index in [2.05, 4.69) is 55.0 Å². The summed E-state index contributed by atoms with van der Waals surface area (Å²) in [7, 11) is 2.17. The molecule has 0 N–H and O–H groups in total. The molecule has 0 spiro atoms. The number of hydrogen-bond acceptors (Lipinski definition) is 7. The smallest absolute Gasteiger partial charge is 0.181 e. The molecule has 7 nitrogen and oxygen atoms in total. The van der Waals surface area contributed by atoms with Gasteiger partial charge in [0.2, 0.25) is 0 Å². The summed E-state index contributed by atoms with van der Waals surface area (Å²) in [5, 5.41) is 6.47. The van der Waals surface area contributed by atoms with Gasteiger partial charge in [0.05, 0.1) is 34.1 Å². The van der Waals surface area contributed by atoms with E-state index in [9.17, 15) is 4.79 Å². The summed E-state index contributed by atoms with van der Waals surface area (Å²) in [5.74, 6) is 0.531. The van der Waals surface area contributed by atoms with Gasteiger partial charge in [-0.05, 0) is 51.5 Å². The molecule has 4 aromatic rings. The fourth-order valence-electron chi connectivity index (χ4n) is 3.99. The van der Waals surface area contributed by atoms with E-state index in [0.29, 0.717) is 16.7 Å². The van der Waals surface area contributed by atoms with E-state index in [1.807, 2.05) is 19.2 Å². The molecule has 1 aromatic carbocycles. The van der Waals surface area contributed by atoms with Crippen molar-refractivity contribution < 1.29 is 4.79 Å². The second-order valence-corrected chi connectivity index (χ2v) is 9.38. The van der Waals surface area contributed by atoms with Crippen LogP contribution in [0.15, 0.2) is 43.0 Å². The molecule has 0 amide bonds. The lowest BCUT2D eigenvalue weighted by molar-refractivity contribution is 0.0994. The molecule has 8 heteroatoms. The van der Waals surface area contributed by atoms with E-state index in [-0.39, 0.29) is 12.2 Å². The fraction of sp³-hybridized carbons (Fsp3) is 0.348. The van der Waals surface area contributed by atoms with Gasteiger partial charge in [-0.25, -0.2) is 15.0 Å². The van der Waals surface area contributed by atoms with Crippen molar-refractivity contribution in [3.8, 4) is 11.1 Å². The molecular formula is C23H24N6OS. The maximum atomic E-state index is 12.5. The molecule has 1 aliphatic heterocycles. The van der Waals surface area contributed by atoms with Gasteiger partial charge in [0.1, 0.15) is 5.82 Å². The third kappa shape index (κ3) is 4.26. The number of aromatic nitrogens is 5. The number of benzene rings is 1. The molecular weight excluding hydrogens is 408 g/mol. The Kier molecular flexibility index (Phi) is 5.33. The van der Waals surface area contributed by atoms with Gasteiger partial charge in [-0.15, -0.1) is 11.3 Å². The minimum Gasteiger partial charge on any atom is -0.306 e. The Hall–Kier alpha value is -2.97. The first-order chi connectivity index (χ1) is 15.0. The molecule has 0 saturated carbocycles.